The lowest BCUT2D eigenvalue weighted by Gasteiger charge is -2.36. The molecule has 1 amide bonds. The summed E-state index contributed by atoms with van der Waals surface area (Å²) < 4.78 is 0. The van der Waals surface area contributed by atoms with Gasteiger partial charge in [-0.25, -0.2) is 0 Å². The first-order valence-corrected chi connectivity index (χ1v) is 8.02. The number of phenolic OH excluding ortho intramolecular Hbond substituents is 1. The molecule has 2 rings (SSSR count). The average molecular weight is 305 g/mol. The molecule has 0 aliphatic carbocycles. The van der Waals surface area contributed by atoms with Gasteiger partial charge < -0.3 is 15.3 Å². The maximum Gasteiger partial charge on any atom is 0.234 e. The molecule has 5 heteroatoms. The van der Waals surface area contributed by atoms with Crippen LogP contribution in [-0.4, -0.2) is 54.7 Å². The molecule has 1 aromatic rings. The number of rotatable bonds is 5. The minimum atomic E-state index is 0.0946. The summed E-state index contributed by atoms with van der Waals surface area (Å²) in [6.07, 6.45) is 0. The Labute approximate surface area is 132 Å². The smallest absolute Gasteiger partial charge is 0.234 e. The summed E-state index contributed by atoms with van der Waals surface area (Å²) in [5, 5.41) is 13.0. The molecule has 0 unspecified atom stereocenters. The van der Waals surface area contributed by atoms with Gasteiger partial charge in [-0.15, -0.1) is 0 Å². The van der Waals surface area contributed by atoms with Gasteiger partial charge in [-0.2, -0.15) is 0 Å². The Balaban J connectivity index is 1.80. The summed E-state index contributed by atoms with van der Waals surface area (Å²) in [4.78, 5) is 16.4. The van der Waals surface area contributed by atoms with Crippen LogP contribution in [0.1, 0.15) is 20.8 Å². The number of piperazine rings is 1. The lowest BCUT2D eigenvalue weighted by Crippen LogP contribution is -2.50. The molecule has 1 aliphatic heterocycles. The van der Waals surface area contributed by atoms with Gasteiger partial charge in [0.1, 0.15) is 5.75 Å². The average Bonchev–Trinajstić information content (AvgIpc) is 2.48. The lowest BCUT2D eigenvalue weighted by atomic mass is 10.1. The van der Waals surface area contributed by atoms with E-state index in [1.165, 1.54) is 0 Å². The predicted molar refractivity (Wildman–Crippen MR) is 89.2 cm³/mol. The van der Waals surface area contributed by atoms with Crippen molar-refractivity contribution in [2.75, 3.05) is 37.6 Å². The summed E-state index contributed by atoms with van der Waals surface area (Å²) in [5.74, 6) is 0.860. The number of anilines is 1. The summed E-state index contributed by atoms with van der Waals surface area (Å²) in [5.41, 5.74) is 0.875. The third-order valence-corrected chi connectivity index (χ3v) is 4.35. The van der Waals surface area contributed by atoms with Crippen LogP contribution in [0.5, 0.6) is 5.75 Å². The highest BCUT2D eigenvalue weighted by atomic mass is 16.3. The number of benzene rings is 1. The highest BCUT2D eigenvalue weighted by molar-refractivity contribution is 5.78. The van der Waals surface area contributed by atoms with E-state index in [4.69, 9.17) is 0 Å². The molecule has 22 heavy (non-hydrogen) atoms. The molecule has 1 aromatic carbocycles. The van der Waals surface area contributed by atoms with Crippen LogP contribution in [0.3, 0.4) is 0 Å². The zero-order valence-corrected chi connectivity index (χ0v) is 13.7. The normalized spacial score (nSPS) is 17.5. The number of hydrogen-bond donors (Lipinski definition) is 2. The second-order valence-electron chi connectivity index (χ2n) is 6.35. The van der Waals surface area contributed by atoms with Crippen LogP contribution < -0.4 is 10.2 Å². The monoisotopic (exact) mass is 305 g/mol. The zero-order valence-electron chi connectivity index (χ0n) is 13.7. The molecule has 1 fully saturated rings. The molecule has 0 bridgehead atoms. The van der Waals surface area contributed by atoms with Crippen LogP contribution in [0, 0.1) is 5.92 Å². The van der Waals surface area contributed by atoms with Gasteiger partial charge in [-0.1, -0.05) is 26.0 Å². The van der Waals surface area contributed by atoms with E-state index in [1.807, 2.05) is 25.1 Å². The van der Waals surface area contributed by atoms with E-state index in [2.05, 4.69) is 29.0 Å². The predicted octanol–water partition coefficient (Wildman–Crippen LogP) is 1.67. The molecule has 1 atom stereocenters. The number of phenols is 1. The zero-order chi connectivity index (χ0) is 16.1. The fraction of sp³-hybridized carbons (Fsp3) is 0.588. The van der Waals surface area contributed by atoms with Gasteiger partial charge in [-0.3, -0.25) is 9.69 Å². The van der Waals surface area contributed by atoms with Gasteiger partial charge in [0, 0.05) is 32.2 Å². The van der Waals surface area contributed by atoms with E-state index in [0.717, 1.165) is 31.9 Å². The first-order valence-electron chi connectivity index (χ1n) is 8.02. The van der Waals surface area contributed by atoms with E-state index < -0.39 is 0 Å². The Hall–Kier alpha value is -1.75. The first kappa shape index (κ1) is 16.6. The van der Waals surface area contributed by atoms with Gasteiger partial charge in [0.25, 0.3) is 0 Å². The molecule has 122 valence electrons. The second kappa shape index (κ2) is 7.49. The molecular formula is C17H27N3O2. The topological polar surface area (TPSA) is 55.8 Å². The molecule has 0 aromatic heterocycles. The van der Waals surface area contributed by atoms with Crippen molar-refractivity contribution in [2.24, 2.45) is 5.92 Å². The highest BCUT2D eigenvalue weighted by Crippen LogP contribution is 2.27. The van der Waals surface area contributed by atoms with Crippen molar-refractivity contribution >= 4 is 11.6 Å². The van der Waals surface area contributed by atoms with E-state index in [1.54, 1.807) is 6.07 Å². The van der Waals surface area contributed by atoms with Gasteiger partial charge in [0.05, 0.1) is 12.2 Å². The highest BCUT2D eigenvalue weighted by Gasteiger charge is 2.21. The molecular weight excluding hydrogens is 278 g/mol. The summed E-state index contributed by atoms with van der Waals surface area (Å²) in [7, 11) is 0. The molecule has 0 saturated carbocycles. The molecule has 5 nitrogen and oxygen atoms in total. The van der Waals surface area contributed by atoms with E-state index >= 15 is 0 Å². The second-order valence-corrected chi connectivity index (χ2v) is 6.35. The molecule has 0 spiro atoms. The maximum atomic E-state index is 12.0. The van der Waals surface area contributed by atoms with Crippen LogP contribution in [-0.2, 0) is 4.79 Å². The van der Waals surface area contributed by atoms with Crippen LogP contribution in [0.2, 0.25) is 0 Å². The number of nitrogens with zero attached hydrogens (tertiary/aromatic N) is 2. The quantitative estimate of drug-likeness (QED) is 0.869. The van der Waals surface area contributed by atoms with Crippen molar-refractivity contribution in [2.45, 2.75) is 26.8 Å². The van der Waals surface area contributed by atoms with Gasteiger partial charge >= 0.3 is 0 Å². The Morgan fingerprint density at radius 3 is 2.41 bits per heavy atom. The van der Waals surface area contributed by atoms with Crippen LogP contribution in [0.15, 0.2) is 24.3 Å². The number of carbonyl (C=O) groups excluding carboxylic acids is 1. The third-order valence-electron chi connectivity index (χ3n) is 4.35. The molecule has 1 heterocycles. The van der Waals surface area contributed by atoms with E-state index in [-0.39, 0.29) is 11.9 Å². The standard InChI is InChI=1S/C17H27N3O2/c1-13(2)14(3)18-17(22)12-19-8-10-20(11-9-19)15-6-4-5-7-16(15)21/h4-7,13-14,21H,8-12H2,1-3H3,(H,18,22)/t14-/m1/s1. The van der Waals surface area contributed by atoms with Crippen LogP contribution in [0.25, 0.3) is 0 Å². The van der Waals surface area contributed by atoms with Gasteiger partial charge in [-0.05, 0) is 25.0 Å². The minimum Gasteiger partial charge on any atom is -0.506 e. The van der Waals surface area contributed by atoms with Crippen LogP contribution in [0.4, 0.5) is 5.69 Å². The number of nitrogens with one attached hydrogen (secondary N) is 1. The van der Waals surface area contributed by atoms with E-state index in [0.29, 0.717) is 18.2 Å². The summed E-state index contributed by atoms with van der Waals surface area (Å²) in [6, 6.07) is 7.61. The van der Waals surface area contributed by atoms with Crippen molar-refractivity contribution in [1.29, 1.82) is 0 Å². The Kier molecular flexibility index (Phi) is 5.66. The summed E-state index contributed by atoms with van der Waals surface area (Å²) >= 11 is 0. The first-order chi connectivity index (χ1) is 10.5. The van der Waals surface area contributed by atoms with Gasteiger partial charge in [0.2, 0.25) is 5.91 Å². The molecule has 0 radical (unpaired) electrons. The van der Waals surface area contributed by atoms with E-state index in [9.17, 15) is 9.90 Å². The van der Waals surface area contributed by atoms with Crippen LogP contribution >= 0.6 is 0 Å². The third kappa shape index (κ3) is 4.37. The number of amides is 1. The number of hydrogen-bond acceptors (Lipinski definition) is 4. The lowest BCUT2D eigenvalue weighted by molar-refractivity contribution is -0.123. The Morgan fingerprint density at radius 2 is 1.82 bits per heavy atom. The SMILES string of the molecule is CC(C)[C@@H](C)NC(=O)CN1CCN(c2ccccc2O)CC1. The molecule has 1 aliphatic rings. The fourth-order valence-corrected chi connectivity index (χ4v) is 2.55. The number of carbonyl (C=O) groups is 1. The fourth-order valence-electron chi connectivity index (χ4n) is 2.55. The molecule has 1 saturated heterocycles. The van der Waals surface area contributed by atoms with Crippen molar-refractivity contribution in [3.63, 3.8) is 0 Å². The van der Waals surface area contributed by atoms with Crippen molar-refractivity contribution in [1.82, 2.24) is 10.2 Å². The van der Waals surface area contributed by atoms with Crippen molar-refractivity contribution in [3.05, 3.63) is 24.3 Å². The summed E-state index contributed by atoms with van der Waals surface area (Å²) in [6.45, 7) is 10.0. The van der Waals surface area contributed by atoms with Crippen molar-refractivity contribution in [3.8, 4) is 5.75 Å². The largest absolute Gasteiger partial charge is 0.506 e. The number of aromatic hydroxyl groups is 1. The number of para-hydroxylation sites is 2. The molecule has 2 N–H and O–H groups in total. The Morgan fingerprint density at radius 1 is 1.18 bits per heavy atom. The minimum absolute atomic E-state index is 0.0946. The maximum absolute atomic E-state index is 12.0. The Bertz CT molecular complexity index is 496. The van der Waals surface area contributed by atoms with Gasteiger partial charge in [0.15, 0.2) is 0 Å². The van der Waals surface area contributed by atoms with Crippen molar-refractivity contribution < 1.29 is 9.90 Å².